The molecule has 1 aliphatic carbocycles. The summed E-state index contributed by atoms with van der Waals surface area (Å²) < 4.78 is 0. The molecule has 0 spiro atoms. The fourth-order valence-electron chi connectivity index (χ4n) is 1.74. The Morgan fingerprint density at radius 1 is 1.36 bits per heavy atom. The van der Waals surface area contributed by atoms with Gasteiger partial charge in [-0.25, -0.2) is 0 Å². The van der Waals surface area contributed by atoms with Gasteiger partial charge >= 0.3 is 0 Å². The van der Waals surface area contributed by atoms with E-state index in [4.69, 9.17) is 5.73 Å². The monoisotopic (exact) mass is 198 g/mol. The summed E-state index contributed by atoms with van der Waals surface area (Å²) in [6.45, 7) is 5.69. The van der Waals surface area contributed by atoms with Crippen LogP contribution in [-0.2, 0) is 4.79 Å². The van der Waals surface area contributed by atoms with Gasteiger partial charge in [-0.1, -0.05) is 0 Å². The zero-order chi connectivity index (χ0) is 10.6. The van der Waals surface area contributed by atoms with Crippen molar-refractivity contribution in [2.45, 2.75) is 51.5 Å². The molecule has 0 unspecified atom stereocenters. The molecule has 0 aliphatic heterocycles. The molecule has 82 valence electrons. The Labute approximate surface area is 86.6 Å². The second kappa shape index (κ2) is 4.78. The smallest absolute Gasteiger partial charge is 0.222 e. The Hall–Kier alpha value is -0.570. The van der Waals surface area contributed by atoms with Crippen LogP contribution in [0.1, 0.15) is 46.0 Å². The number of hydrogen-bond acceptors (Lipinski definition) is 2. The molecular formula is C11H22N2O. The quantitative estimate of drug-likeness (QED) is 0.703. The molecule has 3 heteroatoms. The van der Waals surface area contributed by atoms with E-state index in [0.717, 1.165) is 38.8 Å². The third kappa shape index (κ3) is 3.29. The van der Waals surface area contributed by atoms with Gasteiger partial charge in [0, 0.05) is 25.0 Å². The third-order valence-corrected chi connectivity index (χ3v) is 3.07. The van der Waals surface area contributed by atoms with Crippen molar-refractivity contribution in [3.63, 3.8) is 0 Å². The normalized spacial score (nSPS) is 17.9. The molecule has 2 N–H and O–H groups in total. The van der Waals surface area contributed by atoms with E-state index in [1.165, 1.54) is 0 Å². The van der Waals surface area contributed by atoms with Crippen LogP contribution in [-0.4, -0.2) is 29.4 Å². The fraction of sp³-hybridized carbons (Fsp3) is 0.909. The molecule has 1 saturated carbocycles. The van der Waals surface area contributed by atoms with Crippen molar-refractivity contribution in [2.75, 3.05) is 13.1 Å². The first-order valence-electron chi connectivity index (χ1n) is 5.68. The molecule has 1 rings (SSSR count). The predicted octanol–water partition coefficient (Wildman–Crippen LogP) is 1.52. The highest BCUT2D eigenvalue weighted by Gasteiger charge is 2.37. The maximum absolute atomic E-state index is 11.6. The van der Waals surface area contributed by atoms with Crippen LogP contribution < -0.4 is 5.73 Å². The molecule has 0 bridgehead atoms. The van der Waals surface area contributed by atoms with Gasteiger partial charge in [-0.05, 0) is 39.5 Å². The Bertz CT molecular complexity index is 195. The van der Waals surface area contributed by atoms with Crippen LogP contribution in [0.5, 0.6) is 0 Å². The summed E-state index contributed by atoms with van der Waals surface area (Å²) in [4.78, 5) is 13.5. The lowest BCUT2D eigenvalue weighted by Gasteiger charge is -2.18. The zero-order valence-corrected chi connectivity index (χ0v) is 9.38. The fourth-order valence-corrected chi connectivity index (χ4v) is 1.74. The average Bonchev–Trinajstić information content (AvgIpc) is 2.86. The van der Waals surface area contributed by atoms with Crippen LogP contribution in [0.25, 0.3) is 0 Å². The molecule has 0 radical (unpaired) electrons. The highest BCUT2D eigenvalue weighted by Crippen LogP contribution is 2.36. The highest BCUT2D eigenvalue weighted by molar-refractivity contribution is 5.76. The van der Waals surface area contributed by atoms with Crippen LogP contribution >= 0.6 is 0 Å². The molecule has 14 heavy (non-hydrogen) atoms. The Morgan fingerprint density at radius 3 is 2.36 bits per heavy atom. The molecule has 3 nitrogen and oxygen atoms in total. The van der Waals surface area contributed by atoms with E-state index < -0.39 is 0 Å². The zero-order valence-electron chi connectivity index (χ0n) is 9.38. The van der Waals surface area contributed by atoms with E-state index >= 15 is 0 Å². The minimum atomic E-state index is 0.101. The number of amides is 1. The lowest BCUT2D eigenvalue weighted by atomic mass is 10.1. The van der Waals surface area contributed by atoms with Gasteiger partial charge < -0.3 is 10.6 Å². The van der Waals surface area contributed by atoms with E-state index in [1.54, 1.807) is 0 Å². The standard InChI is InChI=1S/C11H22N2O/c1-3-13(4-2)10(14)6-5-7-11(12)8-9-11/h3-9,12H2,1-2H3. The average molecular weight is 198 g/mol. The van der Waals surface area contributed by atoms with Gasteiger partial charge in [-0.3, -0.25) is 4.79 Å². The molecule has 0 atom stereocenters. The molecule has 1 aliphatic rings. The van der Waals surface area contributed by atoms with E-state index in [0.29, 0.717) is 6.42 Å². The number of nitrogens with zero attached hydrogens (tertiary/aromatic N) is 1. The van der Waals surface area contributed by atoms with Crippen molar-refractivity contribution in [1.82, 2.24) is 4.90 Å². The molecule has 1 fully saturated rings. The summed E-state index contributed by atoms with van der Waals surface area (Å²) in [7, 11) is 0. The van der Waals surface area contributed by atoms with Gasteiger partial charge in [-0.15, -0.1) is 0 Å². The number of nitrogens with two attached hydrogens (primary N) is 1. The molecule has 0 saturated heterocycles. The molecule has 0 aromatic rings. The number of hydrogen-bond donors (Lipinski definition) is 1. The van der Waals surface area contributed by atoms with Gasteiger partial charge in [0.05, 0.1) is 0 Å². The van der Waals surface area contributed by atoms with Crippen molar-refractivity contribution in [1.29, 1.82) is 0 Å². The maximum atomic E-state index is 11.6. The molecular weight excluding hydrogens is 176 g/mol. The topological polar surface area (TPSA) is 46.3 Å². The molecule has 1 amide bonds. The summed E-state index contributed by atoms with van der Waals surface area (Å²) in [5, 5.41) is 0. The molecule has 0 aromatic heterocycles. The first kappa shape index (κ1) is 11.5. The van der Waals surface area contributed by atoms with Crippen LogP contribution in [0.3, 0.4) is 0 Å². The molecule has 0 aromatic carbocycles. The first-order valence-corrected chi connectivity index (χ1v) is 5.68. The summed E-state index contributed by atoms with van der Waals surface area (Å²) in [6, 6.07) is 0. The van der Waals surface area contributed by atoms with Crippen molar-refractivity contribution >= 4 is 5.91 Å². The summed E-state index contributed by atoms with van der Waals surface area (Å²) in [5.41, 5.74) is 6.05. The van der Waals surface area contributed by atoms with Gasteiger partial charge in [0.2, 0.25) is 5.91 Å². The van der Waals surface area contributed by atoms with Gasteiger partial charge in [0.1, 0.15) is 0 Å². The van der Waals surface area contributed by atoms with Crippen molar-refractivity contribution in [3.8, 4) is 0 Å². The summed E-state index contributed by atoms with van der Waals surface area (Å²) in [6.07, 6.45) is 4.92. The summed E-state index contributed by atoms with van der Waals surface area (Å²) >= 11 is 0. The van der Waals surface area contributed by atoms with Crippen LogP contribution in [0.15, 0.2) is 0 Å². The lowest BCUT2D eigenvalue weighted by molar-refractivity contribution is -0.130. The Morgan fingerprint density at radius 2 is 1.93 bits per heavy atom. The third-order valence-electron chi connectivity index (χ3n) is 3.07. The minimum Gasteiger partial charge on any atom is -0.343 e. The minimum absolute atomic E-state index is 0.101. The second-order valence-electron chi connectivity index (χ2n) is 4.28. The predicted molar refractivity (Wildman–Crippen MR) is 57.9 cm³/mol. The highest BCUT2D eigenvalue weighted by atomic mass is 16.2. The van der Waals surface area contributed by atoms with E-state index in [2.05, 4.69) is 0 Å². The van der Waals surface area contributed by atoms with Gasteiger partial charge in [0.25, 0.3) is 0 Å². The van der Waals surface area contributed by atoms with E-state index in [-0.39, 0.29) is 11.4 Å². The molecule has 0 heterocycles. The Balaban J connectivity index is 2.13. The van der Waals surface area contributed by atoms with Crippen molar-refractivity contribution in [3.05, 3.63) is 0 Å². The number of rotatable bonds is 6. The van der Waals surface area contributed by atoms with Gasteiger partial charge in [0.15, 0.2) is 0 Å². The number of carbonyl (C=O) groups excluding carboxylic acids is 1. The van der Waals surface area contributed by atoms with E-state index in [9.17, 15) is 4.79 Å². The van der Waals surface area contributed by atoms with E-state index in [1.807, 2.05) is 18.7 Å². The van der Waals surface area contributed by atoms with Crippen LogP contribution in [0.2, 0.25) is 0 Å². The Kier molecular flexibility index (Phi) is 3.93. The number of carbonyl (C=O) groups is 1. The summed E-state index contributed by atoms with van der Waals surface area (Å²) in [5.74, 6) is 0.277. The van der Waals surface area contributed by atoms with Gasteiger partial charge in [-0.2, -0.15) is 0 Å². The van der Waals surface area contributed by atoms with Crippen LogP contribution in [0.4, 0.5) is 0 Å². The van der Waals surface area contributed by atoms with Crippen molar-refractivity contribution in [2.24, 2.45) is 5.73 Å². The maximum Gasteiger partial charge on any atom is 0.222 e. The second-order valence-corrected chi connectivity index (χ2v) is 4.28. The SMILES string of the molecule is CCN(CC)C(=O)CCCC1(N)CC1. The lowest BCUT2D eigenvalue weighted by Crippen LogP contribution is -2.30. The first-order chi connectivity index (χ1) is 6.61. The van der Waals surface area contributed by atoms with Crippen LogP contribution in [0, 0.1) is 0 Å². The van der Waals surface area contributed by atoms with Crippen molar-refractivity contribution < 1.29 is 4.79 Å². The largest absolute Gasteiger partial charge is 0.343 e.